The van der Waals surface area contributed by atoms with Gasteiger partial charge in [-0.05, 0) is 44.9 Å². The lowest BCUT2D eigenvalue weighted by Gasteiger charge is -2.33. The Morgan fingerprint density at radius 1 is 1.31 bits per heavy atom. The molecule has 0 fully saturated rings. The molecule has 0 radical (unpaired) electrons. The maximum Gasteiger partial charge on any atom is 0.225 e. The number of nitrogens with zero attached hydrogens (tertiary/aromatic N) is 2. The van der Waals surface area contributed by atoms with Crippen LogP contribution in [0, 0.1) is 19.8 Å². The zero-order chi connectivity index (χ0) is 19.6. The van der Waals surface area contributed by atoms with Crippen LogP contribution in [-0.2, 0) is 11.2 Å². The first kappa shape index (κ1) is 20.7. The number of nitrogens with two attached hydrogens (primary N) is 1. The van der Waals surface area contributed by atoms with Crippen LogP contribution in [-0.4, -0.2) is 27.8 Å². The zero-order valence-electron chi connectivity index (χ0n) is 15.9. The Balaban J connectivity index is 2.27. The van der Waals surface area contributed by atoms with Crippen molar-refractivity contribution in [1.29, 1.82) is 0 Å². The summed E-state index contributed by atoms with van der Waals surface area (Å²) < 4.78 is 1.78. The van der Waals surface area contributed by atoms with Gasteiger partial charge in [0.2, 0.25) is 5.91 Å². The summed E-state index contributed by atoms with van der Waals surface area (Å²) in [6, 6.07) is 5.34. The van der Waals surface area contributed by atoms with E-state index in [2.05, 4.69) is 10.4 Å². The third kappa shape index (κ3) is 4.22. The Morgan fingerprint density at radius 3 is 2.50 bits per heavy atom. The van der Waals surface area contributed by atoms with E-state index in [9.17, 15) is 4.79 Å². The third-order valence-electron chi connectivity index (χ3n) is 5.05. The molecule has 1 amide bonds. The Labute approximate surface area is 164 Å². The highest BCUT2D eigenvalue weighted by Crippen LogP contribution is 2.26. The fourth-order valence-corrected chi connectivity index (χ4v) is 3.05. The quantitative estimate of drug-likeness (QED) is 0.778. The van der Waals surface area contributed by atoms with E-state index in [0.717, 1.165) is 22.6 Å². The fourth-order valence-electron chi connectivity index (χ4n) is 2.75. The van der Waals surface area contributed by atoms with Gasteiger partial charge in [-0.15, -0.1) is 0 Å². The van der Waals surface area contributed by atoms with Crippen molar-refractivity contribution in [1.82, 2.24) is 15.1 Å². The van der Waals surface area contributed by atoms with Gasteiger partial charge in [0.25, 0.3) is 0 Å². The van der Waals surface area contributed by atoms with E-state index in [1.807, 2.05) is 40.7 Å². The number of aromatic nitrogens is 2. The predicted molar refractivity (Wildman–Crippen MR) is 107 cm³/mol. The van der Waals surface area contributed by atoms with Crippen molar-refractivity contribution in [2.45, 2.75) is 46.6 Å². The van der Waals surface area contributed by atoms with Crippen molar-refractivity contribution in [2.24, 2.45) is 11.7 Å². The van der Waals surface area contributed by atoms with Gasteiger partial charge in [-0.2, -0.15) is 5.10 Å². The van der Waals surface area contributed by atoms with Crippen molar-refractivity contribution in [3.8, 4) is 5.69 Å². The van der Waals surface area contributed by atoms with E-state index >= 15 is 0 Å². The van der Waals surface area contributed by atoms with E-state index in [0.29, 0.717) is 16.6 Å². The number of hydrogen-bond acceptors (Lipinski definition) is 3. The summed E-state index contributed by atoms with van der Waals surface area (Å²) >= 11 is 12.1. The minimum atomic E-state index is -0.432. The molecule has 1 aromatic heterocycles. The predicted octanol–water partition coefficient (Wildman–Crippen LogP) is 3.83. The monoisotopic (exact) mass is 396 g/mol. The van der Waals surface area contributed by atoms with Crippen LogP contribution < -0.4 is 11.1 Å². The molecule has 7 heteroatoms. The average Bonchev–Trinajstić information content (AvgIpc) is 2.85. The Morgan fingerprint density at radius 2 is 1.96 bits per heavy atom. The number of benzene rings is 1. The normalized spacial score (nSPS) is 13.7. The second-order valence-electron chi connectivity index (χ2n) is 7.16. The van der Waals surface area contributed by atoms with Gasteiger partial charge in [0.05, 0.1) is 33.4 Å². The first-order valence-electron chi connectivity index (χ1n) is 8.60. The van der Waals surface area contributed by atoms with E-state index in [1.54, 1.807) is 16.8 Å². The highest BCUT2D eigenvalue weighted by Gasteiger charge is 2.29. The number of amides is 1. The van der Waals surface area contributed by atoms with Gasteiger partial charge in [0, 0.05) is 17.8 Å². The summed E-state index contributed by atoms with van der Waals surface area (Å²) in [5, 5.41) is 8.59. The molecule has 26 heavy (non-hydrogen) atoms. The van der Waals surface area contributed by atoms with Crippen LogP contribution in [0.1, 0.15) is 37.7 Å². The highest BCUT2D eigenvalue weighted by atomic mass is 35.5. The van der Waals surface area contributed by atoms with Gasteiger partial charge in [0.15, 0.2) is 0 Å². The van der Waals surface area contributed by atoms with E-state index < -0.39 is 5.54 Å². The maximum atomic E-state index is 12.6. The molecule has 0 bridgehead atoms. The number of nitrogens with one attached hydrogen (secondary N) is 1. The zero-order valence-corrected chi connectivity index (χ0v) is 17.4. The summed E-state index contributed by atoms with van der Waals surface area (Å²) in [5.41, 5.74) is 8.84. The molecule has 1 heterocycles. The first-order chi connectivity index (χ1) is 12.1. The summed E-state index contributed by atoms with van der Waals surface area (Å²) in [5.74, 6) is 0.170. The van der Waals surface area contributed by atoms with Crippen LogP contribution in [0.15, 0.2) is 18.2 Å². The molecule has 2 aromatic rings. The molecule has 0 spiro atoms. The number of halogens is 2. The number of hydrogen-bond donors (Lipinski definition) is 2. The minimum absolute atomic E-state index is 0.0634. The number of aryl methyl sites for hydroxylation is 1. The molecule has 1 aromatic carbocycles. The molecular formula is C19H26Cl2N4O. The summed E-state index contributed by atoms with van der Waals surface area (Å²) in [6.07, 6.45) is 0.251. The van der Waals surface area contributed by atoms with Crippen molar-refractivity contribution in [2.75, 3.05) is 6.54 Å². The van der Waals surface area contributed by atoms with E-state index in [-0.39, 0.29) is 18.2 Å². The lowest BCUT2D eigenvalue weighted by atomic mass is 9.88. The van der Waals surface area contributed by atoms with E-state index in [4.69, 9.17) is 28.9 Å². The topological polar surface area (TPSA) is 72.9 Å². The molecular weight excluding hydrogens is 371 g/mol. The van der Waals surface area contributed by atoms with Crippen LogP contribution in [0.2, 0.25) is 10.0 Å². The molecule has 2 rings (SSSR count). The summed E-state index contributed by atoms with van der Waals surface area (Å²) in [7, 11) is 0. The lowest BCUT2D eigenvalue weighted by molar-refractivity contribution is -0.122. The SMILES string of the molecule is Cc1nn(-c2ccc(Cl)c(Cl)c2)c(C)c1CC(=O)NC(C)(CN)C(C)C. The number of carbonyl (C=O) groups excluding carboxylic acids is 1. The summed E-state index contributed by atoms with van der Waals surface area (Å²) in [6.45, 7) is 10.3. The van der Waals surface area contributed by atoms with Crippen LogP contribution in [0.3, 0.4) is 0 Å². The Kier molecular flexibility index (Phi) is 6.37. The Hall–Kier alpha value is -1.56. The minimum Gasteiger partial charge on any atom is -0.349 e. The smallest absolute Gasteiger partial charge is 0.225 e. The second kappa shape index (κ2) is 7.99. The molecule has 0 aliphatic heterocycles. The van der Waals surface area contributed by atoms with Crippen molar-refractivity contribution in [3.63, 3.8) is 0 Å². The molecule has 142 valence electrons. The number of carbonyl (C=O) groups is 1. The van der Waals surface area contributed by atoms with Gasteiger partial charge < -0.3 is 11.1 Å². The van der Waals surface area contributed by atoms with Crippen LogP contribution in [0.4, 0.5) is 0 Å². The van der Waals surface area contributed by atoms with Crippen molar-refractivity contribution < 1.29 is 4.79 Å². The van der Waals surface area contributed by atoms with Gasteiger partial charge in [-0.3, -0.25) is 4.79 Å². The van der Waals surface area contributed by atoms with Crippen LogP contribution >= 0.6 is 23.2 Å². The molecule has 5 nitrogen and oxygen atoms in total. The second-order valence-corrected chi connectivity index (χ2v) is 7.98. The van der Waals surface area contributed by atoms with Crippen molar-refractivity contribution >= 4 is 29.1 Å². The fraction of sp³-hybridized carbons (Fsp3) is 0.474. The molecule has 0 saturated carbocycles. The molecule has 0 aliphatic rings. The molecule has 1 atom stereocenters. The first-order valence-corrected chi connectivity index (χ1v) is 9.36. The van der Waals surface area contributed by atoms with Gasteiger partial charge in [0.1, 0.15) is 0 Å². The maximum absolute atomic E-state index is 12.6. The molecule has 0 saturated heterocycles. The van der Waals surface area contributed by atoms with Gasteiger partial charge in [-0.25, -0.2) is 4.68 Å². The third-order valence-corrected chi connectivity index (χ3v) is 5.79. The molecule has 3 N–H and O–H groups in total. The molecule has 1 unspecified atom stereocenters. The van der Waals surface area contributed by atoms with Gasteiger partial charge in [-0.1, -0.05) is 37.0 Å². The average molecular weight is 397 g/mol. The highest BCUT2D eigenvalue weighted by molar-refractivity contribution is 6.42. The summed E-state index contributed by atoms with van der Waals surface area (Å²) in [4.78, 5) is 12.6. The van der Waals surface area contributed by atoms with Crippen LogP contribution in [0.5, 0.6) is 0 Å². The molecule has 0 aliphatic carbocycles. The van der Waals surface area contributed by atoms with Gasteiger partial charge >= 0.3 is 0 Å². The standard InChI is InChI=1S/C19H26Cl2N4O/c1-11(2)19(5,10-22)23-18(26)9-15-12(3)24-25(13(15)4)14-6-7-16(20)17(21)8-14/h6-8,11H,9-10,22H2,1-5H3,(H,23,26). The van der Waals surface area contributed by atoms with Crippen LogP contribution in [0.25, 0.3) is 5.69 Å². The largest absolute Gasteiger partial charge is 0.349 e. The Bertz CT molecular complexity index is 816. The van der Waals surface area contributed by atoms with E-state index in [1.165, 1.54) is 0 Å². The lowest BCUT2D eigenvalue weighted by Crippen LogP contribution is -2.55. The number of rotatable bonds is 6. The van der Waals surface area contributed by atoms with Crippen molar-refractivity contribution in [3.05, 3.63) is 45.2 Å².